The molecule has 0 aliphatic rings. The third-order valence-corrected chi connectivity index (χ3v) is 6.76. The van der Waals surface area contributed by atoms with Crippen LogP contribution in [0.3, 0.4) is 0 Å². The molecule has 1 heterocycles. The molecule has 2 aromatic rings. The fraction of sp³-hybridized carbons (Fsp3) is 0.0833. The summed E-state index contributed by atoms with van der Waals surface area (Å²) >= 11 is 15.9. The molecule has 0 fully saturated rings. The number of hydrogen-bond donors (Lipinski definition) is 1. The van der Waals surface area contributed by atoms with Gasteiger partial charge in [0.2, 0.25) is 0 Å². The Balaban J connectivity index is 2.33. The van der Waals surface area contributed by atoms with Crippen LogP contribution in [0.25, 0.3) is 0 Å². The van der Waals surface area contributed by atoms with Crippen molar-refractivity contribution in [1.82, 2.24) is 4.72 Å². The first-order valence-electron chi connectivity index (χ1n) is 5.49. The molecule has 2 rings (SSSR count). The standard InChI is InChI=1S/C12H8BrCl2NO3S2/c1-6-2-3-7(14)10(4-6)21(18,19)16-12(17)9-5-8(15)11(13)20-9/h2-5H,1H3,(H,16,17). The maximum absolute atomic E-state index is 12.2. The Bertz CT molecular complexity index is 798. The van der Waals surface area contributed by atoms with E-state index in [-0.39, 0.29) is 14.8 Å². The van der Waals surface area contributed by atoms with Gasteiger partial charge in [-0.15, -0.1) is 11.3 Å². The predicted molar refractivity (Wildman–Crippen MR) is 87.9 cm³/mol. The van der Waals surface area contributed by atoms with E-state index in [4.69, 9.17) is 23.2 Å². The minimum atomic E-state index is -4.05. The van der Waals surface area contributed by atoms with Crippen molar-refractivity contribution >= 4 is 66.4 Å². The summed E-state index contributed by atoms with van der Waals surface area (Å²) in [4.78, 5) is 12.0. The van der Waals surface area contributed by atoms with Crippen LogP contribution in [0.5, 0.6) is 0 Å². The molecule has 112 valence electrons. The lowest BCUT2D eigenvalue weighted by atomic mass is 10.2. The summed E-state index contributed by atoms with van der Waals surface area (Å²) in [7, 11) is -4.05. The third kappa shape index (κ3) is 3.78. The molecule has 0 saturated heterocycles. The third-order valence-electron chi connectivity index (χ3n) is 2.47. The minimum absolute atomic E-state index is 0.0475. The van der Waals surface area contributed by atoms with Crippen LogP contribution in [0.1, 0.15) is 15.2 Å². The highest BCUT2D eigenvalue weighted by Crippen LogP contribution is 2.32. The molecule has 9 heteroatoms. The van der Waals surface area contributed by atoms with Gasteiger partial charge >= 0.3 is 0 Å². The first kappa shape index (κ1) is 16.8. The second-order valence-corrected chi connectivity index (χ2v) is 8.94. The van der Waals surface area contributed by atoms with Gasteiger partial charge in [-0.25, -0.2) is 13.1 Å². The van der Waals surface area contributed by atoms with E-state index < -0.39 is 15.9 Å². The molecule has 0 aliphatic carbocycles. The van der Waals surface area contributed by atoms with Crippen LogP contribution in [-0.4, -0.2) is 14.3 Å². The fourth-order valence-corrected chi connectivity index (χ4v) is 4.72. The van der Waals surface area contributed by atoms with Gasteiger partial charge in [-0.3, -0.25) is 4.79 Å². The molecule has 0 aliphatic heterocycles. The van der Waals surface area contributed by atoms with E-state index in [1.165, 1.54) is 18.2 Å². The molecule has 0 unspecified atom stereocenters. The summed E-state index contributed by atoms with van der Waals surface area (Å²) in [5.74, 6) is -0.759. The fourth-order valence-electron chi connectivity index (χ4n) is 1.50. The molecule has 4 nitrogen and oxygen atoms in total. The van der Waals surface area contributed by atoms with Gasteiger partial charge in [0.1, 0.15) is 4.90 Å². The topological polar surface area (TPSA) is 63.2 Å². The Morgan fingerprint density at radius 3 is 2.48 bits per heavy atom. The van der Waals surface area contributed by atoms with Gasteiger partial charge in [-0.1, -0.05) is 29.3 Å². The Hall–Kier alpha value is -0.600. The second kappa shape index (κ2) is 6.26. The van der Waals surface area contributed by atoms with Crippen molar-refractivity contribution in [3.8, 4) is 0 Å². The highest BCUT2D eigenvalue weighted by atomic mass is 79.9. The normalized spacial score (nSPS) is 11.4. The summed E-state index contributed by atoms with van der Waals surface area (Å²) in [6.07, 6.45) is 0. The van der Waals surface area contributed by atoms with Crippen LogP contribution in [0.15, 0.2) is 32.9 Å². The largest absolute Gasteiger partial charge is 0.275 e. The lowest BCUT2D eigenvalue weighted by Crippen LogP contribution is -2.30. The van der Waals surface area contributed by atoms with E-state index >= 15 is 0 Å². The SMILES string of the molecule is Cc1ccc(Cl)c(S(=O)(=O)NC(=O)c2cc(Cl)c(Br)s2)c1. The van der Waals surface area contributed by atoms with Crippen molar-refractivity contribution in [3.05, 3.63) is 48.5 Å². The lowest BCUT2D eigenvalue weighted by molar-refractivity contribution is 0.0985. The summed E-state index contributed by atoms with van der Waals surface area (Å²) in [5.41, 5.74) is 0.717. The summed E-state index contributed by atoms with van der Waals surface area (Å²) in [5, 5.41) is 0.391. The average molecular weight is 429 g/mol. The van der Waals surface area contributed by atoms with Gasteiger partial charge in [-0.2, -0.15) is 0 Å². The number of benzene rings is 1. The Morgan fingerprint density at radius 2 is 1.90 bits per heavy atom. The van der Waals surface area contributed by atoms with Crippen LogP contribution in [0.4, 0.5) is 0 Å². The van der Waals surface area contributed by atoms with Gasteiger partial charge in [0.05, 0.1) is 18.7 Å². The number of rotatable bonds is 3. The number of carbonyl (C=O) groups excluding carboxylic acids is 1. The number of hydrogen-bond acceptors (Lipinski definition) is 4. The van der Waals surface area contributed by atoms with Crippen molar-refractivity contribution in [2.45, 2.75) is 11.8 Å². The van der Waals surface area contributed by atoms with Crippen molar-refractivity contribution < 1.29 is 13.2 Å². The molecule has 0 radical (unpaired) electrons. The highest BCUT2D eigenvalue weighted by Gasteiger charge is 2.23. The molecule has 1 amide bonds. The zero-order valence-electron chi connectivity index (χ0n) is 10.5. The van der Waals surface area contributed by atoms with Crippen LogP contribution in [0.2, 0.25) is 10.0 Å². The highest BCUT2D eigenvalue weighted by molar-refractivity contribution is 9.11. The smallest absolute Gasteiger partial charge is 0.267 e. The van der Waals surface area contributed by atoms with Crippen molar-refractivity contribution in [2.24, 2.45) is 0 Å². The number of aryl methyl sites for hydroxylation is 1. The van der Waals surface area contributed by atoms with Crippen molar-refractivity contribution in [1.29, 1.82) is 0 Å². The monoisotopic (exact) mass is 427 g/mol. The Kier molecular flexibility index (Phi) is 4.99. The van der Waals surface area contributed by atoms with Crippen LogP contribution in [0, 0.1) is 6.92 Å². The maximum atomic E-state index is 12.2. The van der Waals surface area contributed by atoms with Crippen molar-refractivity contribution in [2.75, 3.05) is 0 Å². The number of sulfonamides is 1. The zero-order valence-corrected chi connectivity index (χ0v) is 15.2. The van der Waals surface area contributed by atoms with E-state index in [2.05, 4.69) is 15.9 Å². The molecular weight excluding hydrogens is 421 g/mol. The number of amides is 1. The molecule has 0 bridgehead atoms. The average Bonchev–Trinajstić information content (AvgIpc) is 2.72. The van der Waals surface area contributed by atoms with Gasteiger partial charge in [0.25, 0.3) is 15.9 Å². The van der Waals surface area contributed by atoms with E-state index in [0.717, 1.165) is 11.3 Å². The Morgan fingerprint density at radius 1 is 1.24 bits per heavy atom. The van der Waals surface area contributed by atoms with E-state index in [1.54, 1.807) is 13.0 Å². The lowest BCUT2D eigenvalue weighted by Gasteiger charge is -2.08. The first-order chi connectivity index (χ1) is 9.70. The summed E-state index contributed by atoms with van der Waals surface area (Å²) < 4.78 is 27.0. The molecular formula is C12H8BrCl2NO3S2. The summed E-state index contributed by atoms with van der Waals surface area (Å²) in [6, 6.07) is 5.93. The second-order valence-electron chi connectivity index (χ2n) is 4.10. The van der Waals surface area contributed by atoms with E-state index in [1.807, 2.05) is 4.72 Å². The van der Waals surface area contributed by atoms with Crippen LogP contribution >= 0.6 is 50.5 Å². The zero-order chi connectivity index (χ0) is 15.8. The molecule has 0 atom stereocenters. The molecule has 0 saturated carbocycles. The number of carbonyl (C=O) groups is 1. The molecule has 0 spiro atoms. The molecule has 1 N–H and O–H groups in total. The maximum Gasteiger partial charge on any atom is 0.275 e. The van der Waals surface area contributed by atoms with Crippen LogP contribution < -0.4 is 4.72 Å². The predicted octanol–water partition coefficient (Wildman–Crippen LogP) is 4.24. The first-order valence-corrected chi connectivity index (χ1v) is 9.33. The molecule has 21 heavy (non-hydrogen) atoms. The number of thiophene rings is 1. The Labute approximate surface area is 144 Å². The van der Waals surface area contributed by atoms with Crippen molar-refractivity contribution in [3.63, 3.8) is 0 Å². The van der Waals surface area contributed by atoms with Gasteiger partial charge in [0.15, 0.2) is 0 Å². The number of nitrogens with one attached hydrogen (secondary N) is 1. The minimum Gasteiger partial charge on any atom is -0.267 e. The van der Waals surface area contributed by atoms with Gasteiger partial charge < -0.3 is 0 Å². The molecule has 1 aromatic carbocycles. The summed E-state index contributed by atoms with van der Waals surface area (Å²) in [6.45, 7) is 1.73. The van der Waals surface area contributed by atoms with Gasteiger partial charge in [-0.05, 0) is 46.6 Å². The van der Waals surface area contributed by atoms with E-state index in [0.29, 0.717) is 14.4 Å². The van der Waals surface area contributed by atoms with E-state index in [9.17, 15) is 13.2 Å². The van der Waals surface area contributed by atoms with Gasteiger partial charge in [0, 0.05) is 0 Å². The van der Waals surface area contributed by atoms with Crippen LogP contribution in [-0.2, 0) is 10.0 Å². The molecule has 1 aromatic heterocycles. The number of halogens is 3. The quantitative estimate of drug-likeness (QED) is 0.794.